The van der Waals surface area contributed by atoms with Crippen LogP contribution in [0.2, 0.25) is 0 Å². The zero-order valence-electron chi connectivity index (χ0n) is 12.5. The molecule has 1 saturated heterocycles. The van der Waals surface area contributed by atoms with Crippen LogP contribution in [-0.2, 0) is 16.1 Å². The molecule has 0 aromatic carbocycles. The molecule has 2 N–H and O–H groups in total. The van der Waals surface area contributed by atoms with E-state index in [1.54, 1.807) is 6.20 Å². The van der Waals surface area contributed by atoms with Crippen molar-refractivity contribution in [3.05, 3.63) is 18.5 Å². The van der Waals surface area contributed by atoms with Crippen LogP contribution in [0.15, 0.2) is 22.8 Å². The standard InChI is InChI=1S/C13H18N6O2S2/c14-12-16-17-13(23-12)22-9-11(20)18-4-2-6-21-10(7-18)8-19-5-1-3-15-19/h1,3,5,10H,2,4,6-9H2,(H2,14,16)/t10-/m0/s1. The van der Waals surface area contributed by atoms with Gasteiger partial charge < -0.3 is 15.4 Å². The summed E-state index contributed by atoms with van der Waals surface area (Å²) >= 11 is 2.67. The first-order chi connectivity index (χ1) is 11.2. The molecule has 124 valence electrons. The number of amides is 1. The molecular weight excluding hydrogens is 336 g/mol. The third-order valence-electron chi connectivity index (χ3n) is 3.39. The molecule has 1 amide bonds. The Morgan fingerprint density at radius 2 is 2.43 bits per heavy atom. The van der Waals surface area contributed by atoms with E-state index in [-0.39, 0.29) is 12.0 Å². The SMILES string of the molecule is Nc1nnc(SCC(=O)N2CCCO[C@H](Cn3cccn3)C2)s1. The highest BCUT2D eigenvalue weighted by Crippen LogP contribution is 2.24. The van der Waals surface area contributed by atoms with Gasteiger partial charge >= 0.3 is 0 Å². The smallest absolute Gasteiger partial charge is 0.233 e. The van der Waals surface area contributed by atoms with Gasteiger partial charge in [0.1, 0.15) is 0 Å². The van der Waals surface area contributed by atoms with Crippen LogP contribution >= 0.6 is 23.1 Å². The predicted octanol–water partition coefficient (Wildman–Crippen LogP) is 0.727. The normalized spacial score (nSPS) is 18.8. The fourth-order valence-electron chi connectivity index (χ4n) is 2.34. The van der Waals surface area contributed by atoms with Crippen molar-refractivity contribution in [2.45, 2.75) is 23.4 Å². The molecule has 23 heavy (non-hydrogen) atoms. The first-order valence-corrected chi connectivity index (χ1v) is 9.09. The monoisotopic (exact) mass is 354 g/mol. The molecule has 1 aliphatic heterocycles. The third-order valence-corrected chi connectivity index (χ3v) is 5.26. The maximum atomic E-state index is 12.4. The highest BCUT2D eigenvalue weighted by molar-refractivity contribution is 8.01. The highest BCUT2D eigenvalue weighted by atomic mass is 32.2. The van der Waals surface area contributed by atoms with E-state index in [0.717, 1.165) is 10.8 Å². The fourth-order valence-corrected chi connectivity index (χ4v) is 3.88. The number of carbonyl (C=O) groups excluding carboxylic acids is 1. The van der Waals surface area contributed by atoms with Crippen molar-refractivity contribution in [2.75, 3.05) is 31.2 Å². The summed E-state index contributed by atoms with van der Waals surface area (Å²) in [5.41, 5.74) is 5.54. The molecule has 8 nitrogen and oxygen atoms in total. The van der Waals surface area contributed by atoms with E-state index in [2.05, 4.69) is 15.3 Å². The lowest BCUT2D eigenvalue weighted by atomic mass is 10.3. The summed E-state index contributed by atoms with van der Waals surface area (Å²) in [6, 6.07) is 1.88. The molecule has 2 aromatic rings. The largest absolute Gasteiger partial charge is 0.374 e. The van der Waals surface area contributed by atoms with E-state index in [1.807, 2.05) is 21.8 Å². The van der Waals surface area contributed by atoms with Crippen molar-refractivity contribution in [1.82, 2.24) is 24.9 Å². The van der Waals surface area contributed by atoms with Crippen LogP contribution in [0.3, 0.4) is 0 Å². The maximum absolute atomic E-state index is 12.4. The Bertz CT molecular complexity index is 632. The Morgan fingerprint density at radius 1 is 1.52 bits per heavy atom. The number of nitrogens with zero attached hydrogens (tertiary/aromatic N) is 5. The van der Waals surface area contributed by atoms with Gasteiger partial charge in [0.15, 0.2) is 4.34 Å². The second-order valence-electron chi connectivity index (χ2n) is 5.11. The number of ether oxygens (including phenoxy) is 1. The first-order valence-electron chi connectivity index (χ1n) is 7.29. The number of anilines is 1. The fraction of sp³-hybridized carbons (Fsp3) is 0.538. The van der Waals surface area contributed by atoms with Gasteiger partial charge in [0.05, 0.1) is 18.4 Å². The summed E-state index contributed by atoms with van der Waals surface area (Å²) in [7, 11) is 0. The maximum Gasteiger partial charge on any atom is 0.233 e. The van der Waals surface area contributed by atoms with Crippen molar-refractivity contribution >= 4 is 34.1 Å². The van der Waals surface area contributed by atoms with Gasteiger partial charge in [-0.15, -0.1) is 10.2 Å². The number of hydrogen-bond acceptors (Lipinski definition) is 8. The van der Waals surface area contributed by atoms with Gasteiger partial charge in [-0.3, -0.25) is 9.48 Å². The highest BCUT2D eigenvalue weighted by Gasteiger charge is 2.23. The van der Waals surface area contributed by atoms with Gasteiger partial charge in [-0.1, -0.05) is 23.1 Å². The van der Waals surface area contributed by atoms with E-state index in [0.29, 0.717) is 37.1 Å². The summed E-state index contributed by atoms with van der Waals surface area (Å²) in [5, 5.41) is 12.3. The molecule has 0 spiro atoms. The Kier molecular flexibility index (Phi) is 5.47. The number of thioether (sulfide) groups is 1. The molecule has 10 heteroatoms. The van der Waals surface area contributed by atoms with E-state index in [1.165, 1.54) is 23.1 Å². The van der Waals surface area contributed by atoms with Crippen LogP contribution in [-0.4, -0.2) is 62.3 Å². The molecule has 0 bridgehead atoms. The molecule has 0 saturated carbocycles. The van der Waals surface area contributed by atoms with Crippen molar-refractivity contribution in [3.8, 4) is 0 Å². The molecule has 1 fully saturated rings. The van der Waals surface area contributed by atoms with Gasteiger partial charge in [-0.2, -0.15) is 5.10 Å². The summed E-state index contributed by atoms with van der Waals surface area (Å²) in [6.45, 7) is 2.61. The van der Waals surface area contributed by atoms with Gasteiger partial charge in [0.2, 0.25) is 11.0 Å². The Labute approximate surface area is 142 Å². The molecular formula is C13H18N6O2S2. The van der Waals surface area contributed by atoms with Crippen molar-refractivity contribution in [1.29, 1.82) is 0 Å². The molecule has 1 aliphatic rings. The van der Waals surface area contributed by atoms with Crippen LogP contribution in [0.4, 0.5) is 5.13 Å². The molecule has 0 radical (unpaired) electrons. The Morgan fingerprint density at radius 3 is 3.17 bits per heavy atom. The minimum Gasteiger partial charge on any atom is -0.374 e. The van der Waals surface area contributed by atoms with Crippen LogP contribution in [0.5, 0.6) is 0 Å². The van der Waals surface area contributed by atoms with Crippen molar-refractivity contribution in [2.24, 2.45) is 0 Å². The van der Waals surface area contributed by atoms with Crippen molar-refractivity contribution in [3.63, 3.8) is 0 Å². The molecule has 0 unspecified atom stereocenters. The van der Waals surface area contributed by atoms with Crippen LogP contribution < -0.4 is 5.73 Å². The van der Waals surface area contributed by atoms with E-state index >= 15 is 0 Å². The molecule has 2 aromatic heterocycles. The number of carbonyl (C=O) groups is 1. The number of nitrogen functional groups attached to an aromatic ring is 1. The zero-order valence-corrected chi connectivity index (χ0v) is 14.1. The topological polar surface area (TPSA) is 99.2 Å². The lowest BCUT2D eigenvalue weighted by Crippen LogP contribution is -2.39. The third kappa shape index (κ3) is 4.66. The minimum absolute atomic E-state index is 0.0384. The number of hydrogen-bond donors (Lipinski definition) is 1. The first kappa shape index (κ1) is 16.2. The average molecular weight is 354 g/mol. The van der Waals surface area contributed by atoms with Gasteiger partial charge in [-0.25, -0.2) is 0 Å². The molecule has 1 atom stereocenters. The lowest BCUT2D eigenvalue weighted by Gasteiger charge is -2.23. The summed E-state index contributed by atoms with van der Waals surface area (Å²) in [5.74, 6) is 0.420. The molecule has 3 rings (SSSR count). The number of rotatable bonds is 5. The quantitative estimate of drug-likeness (QED) is 0.790. The minimum atomic E-state index is -0.0384. The summed E-state index contributed by atoms with van der Waals surface area (Å²) < 4.78 is 8.37. The number of aromatic nitrogens is 4. The zero-order chi connectivity index (χ0) is 16.1. The molecule has 0 aliphatic carbocycles. The second-order valence-corrected chi connectivity index (χ2v) is 7.34. The Hall–Kier alpha value is -1.65. The Balaban J connectivity index is 1.53. The van der Waals surface area contributed by atoms with E-state index in [4.69, 9.17) is 10.5 Å². The van der Waals surface area contributed by atoms with Crippen LogP contribution in [0.25, 0.3) is 0 Å². The summed E-state index contributed by atoms with van der Waals surface area (Å²) in [4.78, 5) is 14.3. The molecule has 3 heterocycles. The van der Waals surface area contributed by atoms with Crippen LogP contribution in [0.1, 0.15) is 6.42 Å². The summed E-state index contributed by atoms with van der Waals surface area (Å²) in [6.07, 6.45) is 4.45. The van der Waals surface area contributed by atoms with Gasteiger partial charge in [0, 0.05) is 32.1 Å². The predicted molar refractivity (Wildman–Crippen MR) is 88.2 cm³/mol. The average Bonchev–Trinajstić information content (AvgIpc) is 3.13. The lowest BCUT2D eigenvalue weighted by molar-refractivity contribution is -0.129. The van der Waals surface area contributed by atoms with E-state index in [9.17, 15) is 4.79 Å². The number of nitrogens with two attached hydrogens (primary N) is 1. The van der Waals surface area contributed by atoms with E-state index < -0.39 is 0 Å². The second kappa shape index (κ2) is 7.75. The van der Waals surface area contributed by atoms with Crippen LogP contribution in [0, 0.1) is 0 Å². The van der Waals surface area contributed by atoms with Crippen molar-refractivity contribution < 1.29 is 9.53 Å². The van der Waals surface area contributed by atoms with Gasteiger partial charge in [0.25, 0.3) is 0 Å². The van der Waals surface area contributed by atoms with Gasteiger partial charge in [-0.05, 0) is 12.5 Å².